The van der Waals surface area contributed by atoms with Gasteiger partial charge in [0.1, 0.15) is 0 Å². The highest BCUT2D eigenvalue weighted by atomic mass is 16.2. The smallest absolute Gasteiger partial charge is 0.222 e. The zero-order valence-electron chi connectivity index (χ0n) is 8.91. The molecule has 1 saturated carbocycles. The first-order valence-corrected chi connectivity index (χ1v) is 5.74. The van der Waals surface area contributed by atoms with Gasteiger partial charge < -0.3 is 10.6 Å². The number of nitrogens with zero attached hydrogens (tertiary/aromatic N) is 1. The van der Waals surface area contributed by atoms with Crippen molar-refractivity contribution in [3.63, 3.8) is 0 Å². The minimum absolute atomic E-state index is 0.330. The third kappa shape index (κ3) is 1.78. The van der Waals surface area contributed by atoms with Crippen LogP contribution in [0, 0.1) is 17.8 Å². The zero-order chi connectivity index (χ0) is 10.1. The minimum atomic E-state index is 0.330. The van der Waals surface area contributed by atoms with E-state index in [-0.39, 0.29) is 0 Å². The Bertz CT molecular complexity index is 225. The quantitative estimate of drug-likeness (QED) is 0.724. The van der Waals surface area contributed by atoms with E-state index in [0.29, 0.717) is 17.7 Å². The van der Waals surface area contributed by atoms with Crippen LogP contribution < -0.4 is 5.73 Å². The summed E-state index contributed by atoms with van der Waals surface area (Å²) < 4.78 is 0. The normalized spacial score (nSPS) is 29.7. The van der Waals surface area contributed by atoms with Gasteiger partial charge in [0, 0.05) is 19.5 Å². The maximum Gasteiger partial charge on any atom is 0.222 e. The lowest BCUT2D eigenvalue weighted by Gasteiger charge is -2.21. The standard InChI is InChI=1S/C11H20N2O/c1-2-13-7-9(5-11(13)14)10(6-12)8-3-4-8/h8-10H,2-7,12H2,1H3. The topological polar surface area (TPSA) is 46.3 Å². The molecule has 1 amide bonds. The molecular weight excluding hydrogens is 176 g/mol. The number of hydrogen-bond acceptors (Lipinski definition) is 2. The van der Waals surface area contributed by atoms with Gasteiger partial charge in [0.2, 0.25) is 5.91 Å². The molecule has 1 aliphatic carbocycles. The molecule has 0 spiro atoms. The van der Waals surface area contributed by atoms with Gasteiger partial charge in [-0.1, -0.05) is 0 Å². The molecule has 1 aliphatic heterocycles. The third-order valence-electron chi connectivity index (χ3n) is 3.73. The largest absolute Gasteiger partial charge is 0.343 e. The van der Waals surface area contributed by atoms with Crippen LogP contribution in [0.3, 0.4) is 0 Å². The molecule has 2 fully saturated rings. The van der Waals surface area contributed by atoms with Gasteiger partial charge in [-0.3, -0.25) is 4.79 Å². The Labute approximate surface area is 85.6 Å². The van der Waals surface area contributed by atoms with Gasteiger partial charge in [-0.25, -0.2) is 0 Å². The fourth-order valence-corrected chi connectivity index (χ4v) is 2.69. The van der Waals surface area contributed by atoms with Crippen molar-refractivity contribution in [2.75, 3.05) is 19.6 Å². The maximum atomic E-state index is 11.6. The third-order valence-corrected chi connectivity index (χ3v) is 3.73. The van der Waals surface area contributed by atoms with Crippen molar-refractivity contribution in [2.24, 2.45) is 23.5 Å². The maximum absolute atomic E-state index is 11.6. The lowest BCUT2D eigenvalue weighted by atomic mass is 9.87. The van der Waals surface area contributed by atoms with Gasteiger partial charge in [-0.05, 0) is 44.1 Å². The van der Waals surface area contributed by atoms with Crippen LogP contribution in [0.4, 0.5) is 0 Å². The first-order valence-electron chi connectivity index (χ1n) is 5.74. The Hall–Kier alpha value is -0.570. The van der Waals surface area contributed by atoms with Crippen LogP contribution in [0.25, 0.3) is 0 Å². The molecule has 80 valence electrons. The molecule has 2 unspecified atom stereocenters. The predicted molar refractivity (Wildman–Crippen MR) is 55.6 cm³/mol. The van der Waals surface area contributed by atoms with E-state index in [2.05, 4.69) is 6.92 Å². The van der Waals surface area contributed by atoms with Crippen LogP contribution in [-0.4, -0.2) is 30.4 Å². The van der Waals surface area contributed by atoms with E-state index in [4.69, 9.17) is 5.73 Å². The lowest BCUT2D eigenvalue weighted by molar-refractivity contribution is -0.127. The molecule has 0 bridgehead atoms. The number of hydrogen-bond donors (Lipinski definition) is 1. The van der Waals surface area contributed by atoms with Crippen LogP contribution >= 0.6 is 0 Å². The van der Waals surface area contributed by atoms with Crippen molar-refractivity contribution < 1.29 is 4.79 Å². The molecule has 2 aliphatic rings. The van der Waals surface area contributed by atoms with Crippen LogP contribution in [-0.2, 0) is 4.79 Å². The van der Waals surface area contributed by atoms with Crippen LogP contribution in [0.5, 0.6) is 0 Å². The van der Waals surface area contributed by atoms with Gasteiger partial charge in [0.05, 0.1) is 0 Å². The molecule has 3 nitrogen and oxygen atoms in total. The fraction of sp³-hybridized carbons (Fsp3) is 0.909. The number of likely N-dealkylation sites (tertiary alicyclic amines) is 1. The summed E-state index contributed by atoms with van der Waals surface area (Å²) in [7, 11) is 0. The van der Waals surface area contributed by atoms with E-state index >= 15 is 0 Å². The summed E-state index contributed by atoms with van der Waals surface area (Å²) in [5.74, 6) is 2.31. The summed E-state index contributed by atoms with van der Waals surface area (Å²) in [6, 6.07) is 0. The Morgan fingerprint density at radius 3 is 2.64 bits per heavy atom. The molecule has 0 aromatic heterocycles. The summed E-state index contributed by atoms with van der Waals surface area (Å²) in [4.78, 5) is 13.5. The molecule has 3 heteroatoms. The summed E-state index contributed by atoms with van der Waals surface area (Å²) in [5.41, 5.74) is 5.80. The second-order valence-corrected chi connectivity index (χ2v) is 4.63. The Kier molecular flexibility index (Phi) is 2.77. The average Bonchev–Trinajstić information content (AvgIpc) is 2.92. The molecule has 0 aromatic rings. The van der Waals surface area contributed by atoms with Crippen molar-refractivity contribution >= 4 is 5.91 Å². The van der Waals surface area contributed by atoms with Gasteiger partial charge >= 0.3 is 0 Å². The van der Waals surface area contributed by atoms with Crippen LogP contribution in [0.2, 0.25) is 0 Å². The number of carbonyl (C=O) groups excluding carboxylic acids is 1. The molecular formula is C11H20N2O. The molecule has 2 rings (SSSR count). The second kappa shape index (κ2) is 3.89. The second-order valence-electron chi connectivity index (χ2n) is 4.63. The average molecular weight is 196 g/mol. The van der Waals surface area contributed by atoms with Crippen molar-refractivity contribution in [3.8, 4) is 0 Å². The first-order chi connectivity index (χ1) is 6.76. The Morgan fingerprint density at radius 1 is 1.50 bits per heavy atom. The SMILES string of the molecule is CCN1CC(C(CN)C2CC2)CC1=O. The van der Waals surface area contributed by atoms with E-state index in [1.165, 1.54) is 12.8 Å². The van der Waals surface area contributed by atoms with Gasteiger partial charge in [0.25, 0.3) is 0 Å². The lowest BCUT2D eigenvalue weighted by Crippen LogP contribution is -2.29. The fourth-order valence-electron chi connectivity index (χ4n) is 2.69. The number of nitrogens with two attached hydrogens (primary N) is 1. The van der Waals surface area contributed by atoms with Gasteiger partial charge in [0.15, 0.2) is 0 Å². The van der Waals surface area contributed by atoms with E-state index in [1.807, 2.05) is 4.90 Å². The van der Waals surface area contributed by atoms with E-state index < -0.39 is 0 Å². The van der Waals surface area contributed by atoms with Crippen molar-refractivity contribution in [3.05, 3.63) is 0 Å². The van der Waals surface area contributed by atoms with Crippen molar-refractivity contribution in [1.29, 1.82) is 0 Å². The summed E-state index contributed by atoms with van der Waals surface area (Å²) in [5, 5.41) is 0. The Morgan fingerprint density at radius 2 is 2.21 bits per heavy atom. The first kappa shape index (κ1) is 9.97. The molecule has 1 heterocycles. The minimum Gasteiger partial charge on any atom is -0.343 e. The highest BCUT2D eigenvalue weighted by Crippen LogP contribution is 2.42. The highest BCUT2D eigenvalue weighted by Gasteiger charge is 2.40. The van der Waals surface area contributed by atoms with Crippen molar-refractivity contribution in [1.82, 2.24) is 4.90 Å². The molecule has 1 saturated heterocycles. The van der Waals surface area contributed by atoms with E-state index in [9.17, 15) is 4.79 Å². The van der Waals surface area contributed by atoms with Crippen molar-refractivity contribution in [2.45, 2.75) is 26.2 Å². The number of rotatable bonds is 4. The summed E-state index contributed by atoms with van der Waals surface area (Å²) >= 11 is 0. The highest BCUT2D eigenvalue weighted by molar-refractivity contribution is 5.78. The van der Waals surface area contributed by atoms with E-state index in [1.54, 1.807) is 0 Å². The van der Waals surface area contributed by atoms with Gasteiger partial charge in [-0.15, -0.1) is 0 Å². The van der Waals surface area contributed by atoms with Crippen LogP contribution in [0.1, 0.15) is 26.2 Å². The predicted octanol–water partition coefficient (Wildman–Crippen LogP) is 0.840. The number of carbonyl (C=O) groups is 1. The summed E-state index contributed by atoms with van der Waals surface area (Å²) in [6.07, 6.45) is 3.41. The molecule has 0 aromatic carbocycles. The van der Waals surface area contributed by atoms with E-state index in [0.717, 1.165) is 32.0 Å². The monoisotopic (exact) mass is 196 g/mol. The molecule has 0 radical (unpaired) electrons. The molecule has 2 atom stereocenters. The van der Waals surface area contributed by atoms with Crippen LogP contribution in [0.15, 0.2) is 0 Å². The van der Waals surface area contributed by atoms with Gasteiger partial charge in [-0.2, -0.15) is 0 Å². The molecule has 14 heavy (non-hydrogen) atoms. The number of amides is 1. The zero-order valence-corrected chi connectivity index (χ0v) is 8.91. The molecule has 2 N–H and O–H groups in total. The summed E-state index contributed by atoms with van der Waals surface area (Å²) in [6.45, 7) is 4.63. The Balaban J connectivity index is 1.95.